The fourth-order valence-corrected chi connectivity index (χ4v) is 2.58. The summed E-state index contributed by atoms with van der Waals surface area (Å²) in [6.45, 7) is 8.25. The smallest absolute Gasteiger partial charge is 0.146 e. The molecule has 142 valence electrons. The van der Waals surface area contributed by atoms with E-state index in [0.29, 0.717) is 11.4 Å². The highest BCUT2D eigenvalue weighted by Crippen LogP contribution is 2.36. The van der Waals surface area contributed by atoms with Gasteiger partial charge in [-0.05, 0) is 65.9 Å². The van der Waals surface area contributed by atoms with Gasteiger partial charge in [0.15, 0.2) is 0 Å². The molecule has 3 rings (SSSR count). The van der Waals surface area contributed by atoms with Gasteiger partial charge in [0.2, 0.25) is 0 Å². The van der Waals surface area contributed by atoms with E-state index in [2.05, 4.69) is 41.2 Å². The summed E-state index contributed by atoms with van der Waals surface area (Å²) >= 11 is 0. The standard InChI is InChI=1S/C23H24N4O/c1-16-14-17(23(2,3)4)15-21(22(16)28)27-26-20-12-10-19(11-13-20)25-24-18-8-6-5-7-9-18/h5-15,28H,1-4H3. The lowest BCUT2D eigenvalue weighted by atomic mass is 9.86. The van der Waals surface area contributed by atoms with Crippen LogP contribution in [0.5, 0.6) is 5.75 Å². The summed E-state index contributed by atoms with van der Waals surface area (Å²) in [5.41, 5.74) is 4.54. The highest BCUT2D eigenvalue weighted by molar-refractivity contribution is 5.58. The quantitative estimate of drug-likeness (QED) is 0.466. The van der Waals surface area contributed by atoms with Crippen LogP contribution in [-0.2, 0) is 5.41 Å². The van der Waals surface area contributed by atoms with Crippen molar-refractivity contribution in [3.63, 3.8) is 0 Å². The number of benzene rings is 3. The van der Waals surface area contributed by atoms with Crippen molar-refractivity contribution in [2.75, 3.05) is 0 Å². The van der Waals surface area contributed by atoms with Gasteiger partial charge in [-0.1, -0.05) is 45.0 Å². The van der Waals surface area contributed by atoms with Crippen LogP contribution in [0.25, 0.3) is 0 Å². The fraction of sp³-hybridized carbons (Fsp3) is 0.217. The minimum atomic E-state index is -0.0336. The first kappa shape index (κ1) is 19.4. The number of aromatic hydroxyl groups is 1. The monoisotopic (exact) mass is 372 g/mol. The minimum absolute atomic E-state index is 0.0336. The van der Waals surface area contributed by atoms with Crippen LogP contribution in [0.4, 0.5) is 22.7 Å². The predicted molar refractivity (Wildman–Crippen MR) is 113 cm³/mol. The van der Waals surface area contributed by atoms with Crippen LogP contribution < -0.4 is 0 Å². The lowest BCUT2D eigenvalue weighted by molar-refractivity contribution is 0.471. The zero-order chi connectivity index (χ0) is 20.1. The fourth-order valence-electron chi connectivity index (χ4n) is 2.58. The van der Waals surface area contributed by atoms with Crippen LogP contribution in [0, 0.1) is 6.92 Å². The van der Waals surface area contributed by atoms with Crippen molar-refractivity contribution < 1.29 is 5.11 Å². The van der Waals surface area contributed by atoms with E-state index in [4.69, 9.17) is 0 Å². The summed E-state index contributed by atoms with van der Waals surface area (Å²) in [6, 6.07) is 20.7. The molecule has 0 heterocycles. The van der Waals surface area contributed by atoms with Gasteiger partial charge in [-0.3, -0.25) is 0 Å². The van der Waals surface area contributed by atoms with Gasteiger partial charge < -0.3 is 5.11 Å². The molecule has 3 aromatic carbocycles. The average molecular weight is 372 g/mol. The summed E-state index contributed by atoms with van der Waals surface area (Å²) < 4.78 is 0. The molecule has 0 aliphatic carbocycles. The Hall–Kier alpha value is -3.34. The van der Waals surface area contributed by atoms with Gasteiger partial charge in [0.25, 0.3) is 0 Å². The van der Waals surface area contributed by atoms with Gasteiger partial charge in [0.05, 0.1) is 17.1 Å². The molecule has 0 spiro atoms. The van der Waals surface area contributed by atoms with E-state index in [1.165, 1.54) is 0 Å². The number of azo groups is 2. The molecule has 3 aromatic rings. The molecule has 28 heavy (non-hydrogen) atoms. The Bertz CT molecular complexity index is 1000. The van der Waals surface area contributed by atoms with Crippen molar-refractivity contribution in [2.24, 2.45) is 20.5 Å². The lowest BCUT2D eigenvalue weighted by Gasteiger charge is -2.20. The Labute approximate surface area is 165 Å². The van der Waals surface area contributed by atoms with E-state index in [1.54, 1.807) is 0 Å². The summed E-state index contributed by atoms with van der Waals surface area (Å²) in [5, 5.41) is 27.2. The van der Waals surface area contributed by atoms with Gasteiger partial charge in [-0.15, -0.1) is 5.11 Å². The van der Waals surface area contributed by atoms with Gasteiger partial charge in [0, 0.05) is 0 Å². The molecule has 0 amide bonds. The maximum absolute atomic E-state index is 10.3. The summed E-state index contributed by atoms with van der Waals surface area (Å²) in [4.78, 5) is 0. The van der Waals surface area contributed by atoms with Crippen LogP contribution in [0.1, 0.15) is 31.9 Å². The largest absolute Gasteiger partial charge is 0.505 e. The van der Waals surface area contributed by atoms with Crippen LogP contribution in [-0.4, -0.2) is 5.11 Å². The maximum atomic E-state index is 10.3. The molecular formula is C23H24N4O. The second-order valence-electron chi connectivity index (χ2n) is 7.66. The van der Waals surface area contributed by atoms with E-state index < -0.39 is 0 Å². The first-order valence-electron chi connectivity index (χ1n) is 9.15. The summed E-state index contributed by atoms with van der Waals surface area (Å²) in [7, 11) is 0. The Balaban J connectivity index is 1.78. The summed E-state index contributed by atoms with van der Waals surface area (Å²) in [6.07, 6.45) is 0. The lowest BCUT2D eigenvalue weighted by Crippen LogP contribution is -2.11. The second kappa shape index (κ2) is 8.13. The van der Waals surface area contributed by atoms with Crippen molar-refractivity contribution in [2.45, 2.75) is 33.1 Å². The summed E-state index contributed by atoms with van der Waals surface area (Å²) in [5.74, 6) is 0.157. The number of hydrogen-bond acceptors (Lipinski definition) is 5. The third-order valence-corrected chi connectivity index (χ3v) is 4.31. The molecule has 0 atom stereocenters. The van der Waals surface area contributed by atoms with Gasteiger partial charge in [-0.2, -0.15) is 15.3 Å². The van der Waals surface area contributed by atoms with Crippen molar-refractivity contribution >= 4 is 22.7 Å². The van der Waals surface area contributed by atoms with Gasteiger partial charge >= 0.3 is 0 Å². The molecule has 1 N–H and O–H groups in total. The Morgan fingerprint density at radius 3 is 1.71 bits per heavy atom. The normalized spacial score (nSPS) is 12.1. The van der Waals surface area contributed by atoms with Crippen molar-refractivity contribution in [3.8, 4) is 5.75 Å². The third kappa shape index (κ3) is 4.88. The SMILES string of the molecule is Cc1cc(C(C)(C)C)cc(N=Nc2ccc(N=Nc3ccccc3)cc2)c1O. The third-order valence-electron chi connectivity index (χ3n) is 4.31. The number of hydrogen-bond donors (Lipinski definition) is 1. The number of phenols is 1. The zero-order valence-corrected chi connectivity index (χ0v) is 16.6. The Morgan fingerprint density at radius 2 is 1.18 bits per heavy atom. The van der Waals surface area contributed by atoms with Crippen LogP contribution in [0.3, 0.4) is 0 Å². The number of phenolic OH excluding ortho intramolecular Hbond substituents is 1. The molecule has 0 saturated carbocycles. The molecular weight excluding hydrogens is 348 g/mol. The van der Waals surface area contributed by atoms with Crippen molar-refractivity contribution in [1.82, 2.24) is 0 Å². The Morgan fingerprint density at radius 1 is 0.679 bits per heavy atom. The molecule has 0 saturated heterocycles. The minimum Gasteiger partial charge on any atom is -0.505 e. The predicted octanol–water partition coefficient (Wildman–Crippen LogP) is 7.83. The molecule has 0 radical (unpaired) electrons. The number of nitrogens with zero attached hydrogens (tertiary/aromatic N) is 4. The molecule has 5 heteroatoms. The van der Waals surface area contributed by atoms with E-state index in [1.807, 2.05) is 73.7 Å². The van der Waals surface area contributed by atoms with E-state index in [-0.39, 0.29) is 11.2 Å². The van der Waals surface area contributed by atoms with Gasteiger partial charge in [-0.25, -0.2) is 0 Å². The first-order chi connectivity index (χ1) is 13.3. The molecule has 0 aliphatic heterocycles. The first-order valence-corrected chi connectivity index (χ1v) is 9.15. The average Bonchev–Trinajstić information content (AvgIpc) is 2.68. The van der Waals surface area contributed by atoms with Gasteiger partial charge in [0.1, 0.15) is 11.4 Å². The Kier molecular flexibility index (Phi) is 5.64. The van der Waals surface area contributed by atoms with E-state index >= 15 is 0 Å². The second-order valence-corrected chi connectivity index (χ2v) is 7.66. The molecule has 0 unspecified atom stereocenters. The molecule has 0 bridgehead atoms. The molecule has 0 aliphatic rings. The highest BCUT2D eigenvalue weighted by atomic mass is 16.3. The zero-order valence-electron chi connectivity index (χ0n) is 16.6. The van der Waals surface area contributed by atoms with E-state index in [9.17, 15) is 5.11 Å². The maximum Gasteiger partial charge on any atom is 0.146 e. The van der Waals surface area contributed by atoms with Crippen molar-refractivity contribution in [3.05, 3.63) is 77.9 Å². The topological polar surface area (TPSA) is 69.7 Å². The van der Waals surface area contributed by atoms with Crippen molar-refractivity contribution in [1.29, 1.82) is 0 Å². The van der Waals surface area contributed by atoms with Crippen LogP contribution >= 0.6 is 0 Å². The van der Waals surface area contributed by atoms with E-state index in [0.717, 1.165) is 22.5 Å². The molecule has 0 aromatic heterocycles. The highest BCUT2D eigenvalue weighted by Gasteiger charge is 2.17. The number of rotatable bonds is 4. The molecule has 5 nitrogen and oxygen atoms in total. The molecule has 0 fully saturated rings. The van der Waals surface area contributed by atoms with Crippen LogP contribution in [0.15, 0.2) is 87.2 Å². The van der Waals surface area contributed by atoms with Crippen LogP contribution in [0.2, 0.25) is 0 Å². The number of aryl methyl sites for hydroxylation is 1.